The maximum absolute atomic E-state index is 13.5. The van der Waals surface area contributed by atoms with Crippen molar-refractivity contribution in [3.63, 3.8) is 0 Å². The van der Waals surface area contributed by atoms with Gasteiger partial charge < -0.3 is 9.47 Å². The van der Waals surface area contributed by atoms with Crippen LogP contribution >= 0.6 is 0 Å². The molecule has 0 aliphatic carbocycles. The minimum atomic E-state index is -3.56. The van der Waals surface area contributed by atoms with Crippen molar-refractivity contribution < 1.29 is 13.2 Å². The van der Waals surface area contributed by atoms with Crippen LogP contribution in [0.15, 0.2) is 29.2 Å². The number of carbonyl (C=O) groups is 1. The van der Waals surface area contributed by atoms with Gasteiger partial charge in [0.2, 0.25) is 10.0 Å². The summed E-state index contributed by atoms with van der Waals surface area (Å²) in [6.45, 7) is 9.80. The zero-order valence-corrected chi connectivity index (χ0v) is 20.5. The molecule has 0 spiro atoms. The van der Waals surface area contributed by atoms with Gasteiger partial charge in [-0.3, -0.25) is 4.79 Å². The van der Waals surface area contributed by atoms with Crippen LogP contribution in [0.25, 0.3) is 10.9 Å². The lowest BCUT2D eigenvalue weighted by molar-refractivity contribution is 0.0714. The molecule has 176 valence electrons. The number of likely N-dealkylation sites (tertiary alicyclic amines) is 1. The van der Waals surface area contributed by atoms with Crippen LogP contribution in [0.2, 0.25) is 0 Å². The second kappa shape index (κ2) is 9.56. The summed E-state index contributed by atoms with van der Waals surface area (Å²) in [5.41, 5.74) is 1.58. The van der Waals surface area contributed by atoms with E-state index in [0.29, 0.717) is 42.1 Å². The lowest BCUT2D eigenvalue weighted by Gasteiger charge is -2.36. The summed E-state index contributed by atoms with van der Waals surface area (Å²) in [6.07, 6.45) is 6.39. The molecule has 6 nitrogen and oxygen atoms in total. The first-order valence-electron chi connectivity index (χ1n) is 12.3. The van der Waals surface area contributed by atoms with Crippen molar-refractivity contribution in [3.8, 4) is 0 Å². The van der Waals surface area contributed by atoms with Gasteiger partial charge in [0.15, 0.2) is 0 Å². The number of aromatic nitrogens is 1. The van der Waals surface area contributed by atoms with Crippen LogP contribution in [0, 0.1) is 11.8 Å². The Kier molecular flexibility index (Phi) is 6.96. The number of hydrogen-bond acceptors (Lipinski definition) is 3. The number of hydrogen-bond donors (Lipinski definition) is 0. The highest BCUT2D eigenvalue weighted by Crippen LogP contribution is 2.32. The van der Waals surface area contributed by atoms with E-state index >= 15 is 0 Å². The molecule has 0 radical (unpaired) electrons. The number of benzene rings is 1. The predicted molar refractivity (Wildman–Crippen MR) is 128 cm³/mol. The Balaban J connectivity index is 1.68. The molecule has 2 fully saturated rings. The highest BCUT2D eigenvalue weighted by molar-refractivity contribution is 7.89. The minimum absolute atomic E-state index is 0.0553. The highest BCUT2D eigenvalue weighted by Gasteiger charge is 2.34. The van der Waals surface area contributed by atoms with Gasteiger partial charge in [0, 0.05) is 43.6 Å². The maximum Gasteiger partial charge on any atom is 0.270 e. The lowest BCUT2D eigenvalue weighted by atomic mass is 9.87. The third-order valence-corrected chi connectivity index (χ3v) is 9.26. The van der Waals surface area contributed by atoms with Crippen molar-refractivity contribution in [2.75, 3.05) is 26.2 Å². The Morgan fingerprint density at radius 2 is 1.62 bits per heavy atom. The van der Waals surface area contributed by atoms with Crippen LogP contribution < -0.4 is 0 Å². The second-order valence-corrected chi connectivity index (χ2v) is 11.4. The highest BCUT2D eigenvalue weighted by atomic mass is 32.2. The molecule has 0 N–H and O–H groups in total. The van der Waals surface area contributed by atoms with E-state index in [1.54, 1.807) is 16.4 Å². The fraction of sp³-hybridized carbons (Fsp3) is 0.640. The third-order valence-electron chi connectivity index (χ3n) is 7.43. The third kappa shape index (κ3) is 4.34. The van der Waals surface area contributed by atoms with Crippen molar-refractivity contribution in [1.29, 1.82) is 0 Å². The normalized spacial score (nSPS) is 23.0. The molecule has 0 bridgehead atoms. The molecule has 1 aromatic heterocycles. The molecule has 2 saturated heterocycles. The summed E-state index contributed by atoms with van der Waals surface area (Å²) in [4.78, 5) is 15.5. The van der Waals surface area contributed by atoms with E-state index in [2.05, 4.69) is 13.8 Å². The zero-order valence-electron chi connectivity index (χ0n) is 19.7. The molecule has 4 rings (SSSR count). The number of amides is 1. The van der Waals surface area contributed by atoms with E-state index in [-0.39, 0.29) is 5.91 Å². The van der Waals surface area contributed by atoms with Crippen molar-refractivity contribution in [2.45, 2.75) is 70.7 Å². The molecule has 0 saturated carbocycles. The summed E-state index contributed by atoms with van der Waals surface area (Å²) in [5.74, 6) is 0.893. The molecule has 2 aromatic rings. The molecule has 7 heteroatoms. The van der Waals surface area contributed by atoms with E-state index in [0.717, 1.165) is 56.1 Å². The Hall–Kier alpha value is -1.86. The number of rotatable bonds is 6. The average molecular weight is 460 g/mol. The van der Waals surface area contributed by atoms with Gasteiger partial charge in [-0.25, -0.2) is 8.42 Å². The topological polar surface area (TPSA) is 62.6 Å². The van der Waals surface area contributed by atoms with Gasteiger partial charge in [0.05, 0.1) is 4.90 Å². The fourth-order valence-electron chi connectivity index (χ4n) is 5.39. The number of sulfonamides is 1. The van der Waals surface area contributed by atoms with Crippen molar-refractivity contribution in [2.24, 2.45) is 11.8 Å². The zero-order chi connectivity index (χ0) is 22.9. The predicted octanol–water partition coefficient (Wildman–Crippen LogP) is 4.73. The monoisotopic (exact) mass is 459 g/mol. The van der Waals surface area contributed by atoms with Crippen LogP contribution in [0.3, 0.4) is 0 Å². The summed E-state index contributed by atoms with van der Waals surface area (Å²) in [7, 11) is -3.56. The van der Waals surface area contributed by atoms with Gasteiger partial charge in [0.25, 0.3) is 5.91 Å². The molecule has 32 heavy (non-hydrogen) atoms. The average Bonchev–Trinajstić information content (AvgIpc) is 3.21. The van der Waals surface area contributed by atoms with Crippen LogP contribution in [0.4, 0.5) is 0 Å². The molecule has 3 heterocycles. The summed E-state index contributed by atoms with van der Waals surface area (Å²) < 4.78 is 30.8. The van der Waals surface area contributed by atoms with Gasteiger partial charge in [-0.2, -0.15) is 4.31 Å². The van der Waals surface area contributed by atoms with Crippen molar-refractivity contribution >= 4 is 26.8 Å². The second-order valence-electron chi connectivity index (χ2n) is 9.45. The van der Waals surface area contributed by atoms with Crippen LogP contribution in [-0.2, 0) is 16.6 Å². The van der Waals surface area contributed by atoms with Gasteiger partial charge >= 0.3 is 0 Å². The number of piperidine rings is 2. The van der Waals surface area contributed by atoms with Gasteiger partial charge in [0.1, 0.15) is 5.69 Å². The number of fused-ring (bicyclic) bond motifs is 1. The minimum Gasteiger partial charge on any atom is -0.337 e. The number of nitrogens with zero attached hydrogens (tertiary/aromatic N) is 3. The Morgan fingerprint density at radius 3 is 2.22 bits per heavy atom. The fourth-order valence-corrected chi connectivity index (χ4v) is 7.02. The summed E-state index contributed by atoms with van der Waals surface area (Å²) in [6, 6.07) is 7.24. The molecule has 1 amide bonds. The Labute approximate surface area is 192 Å². The number of carbonyl (C=O) groups excluding carboxylic acids is 1. The molecule has 2 aliphatic heterocycles. The first-order chi connectivity index (χ1) is 15.4. The van der Waals surface area contributed by atoms with Gasteiger partial charge in [-0.1, -0.05) is 26.7 Å². The molecular weight excluding hydrogens is 422 g/mol. The SMILES string of the molecule is CCC1CC(CC)CN(S(=O)(=O)c2ccc3c(c2)cc(C(=O)N2CCCCC2)n3CC)C1. The maximum atomic E-state index is 13.5. The largest absolute Gasteiger partial charge is 0.337 e. The van der Waals surface area contributed by atoms with Gasteiger partial charge in [-0.15, -0.1) is 0 Å². The Bertz CT molecular complexity index is 1060. The smallest absolute Gasteiger partial charge is 0.270 e. The molecule has 2 unspecified atom stereocenters. The standard InChI is InChI=1S/C25H37N3O3S/c1-4-19-14-20(5-2)18-27(17-19)32(30,31)22-10-11-23-21(15-22)16-24(28(23)6-3)25(29)26-12-8-7-9-13-26/h10-11,15-16,19-20H,4-9,12-14,17-18H2,1-3H3. The molecule has 2 aliphatic rings. The van der Waals surface area contributed by atoms with Gasteiger partial charge in [-0.05, 0) is 68.7 Å². The lowest BCUT2D eigenvalue weighted by Crippen LogP contribution is -2.43. The quantitative estimate of drug-likeness (QED) is 0.627. The van der Waals surface area contributed by atoms with Crippen LogP contribution in [0.1, 0.15) is 69.8 Å². The van der Waals surface area contributed by atoms with Crippen LogP contribution in [-0.4, -0.2) is 54.3 Å². The summed E-state index contributed by atoms with van der Waals surface area (Å²) in [5, 5.41) is 0.823. The van der Waals surface area contributed by atoms with E-state index in [9.17, 15) is 13.2 Å². The Morgan fingerprint density at radius 1 is 0.969 bits per heavy atom. The van der Waals surface area contributed by atoms with E-state index < -0.39 is 10.0 Å². The van der Waals surface area contributed by atoms with Crippen molar-refractivity contribution in [1.82, 2.24) is 13.8 Å². The molecular formula is C25H37N3O3S. The van der Waals surface area contributed by atoms with Crippen LogP contribution in [0.5, 0.6) is 0 Å². The first-order valence-corrected chi connectivity index (χ1v) is 13.8. The molecule has 2 atom stereocenters. The van der Waals surface area contributed by atoms with Crippen molar-refractivity contribution in [3.05, 3.63) is 30.0 Å². The number of aryl methyl sites for hydroxylation is 1. The van der Waals surface area contributed by atoms with E-state index in [1.165, 1.54) is 6.42 Å². The van der Waals surface area contributed by atoms with E-state index in [4.69, 9.17) is 0 Å². The molecule has 1 aromatic carbocycles. The summed E-state index contributed by atoms with van der Waals surface area (Å²) >= 11 is 0. The van der Waals surface area contributed by atoms with E-state index in [1.807, 2.05) is 28.5 Å². The first kappa shape index (κ1) is 23.3.